The fraction of sp³-hybridized carbons (Fsp3) is 0.571. The maximum atomic E-state index is 7.05. The molecule has 0 aliphatic rings. The van der Waals surface area contributed by atoms with Crippen molar-refractivity contribution in [3.05, 3.63) is 11.1 Å². The van der Waals surface area contributed by atoms with Crippen LogP contribution >= 0.6 is 0 Å². The SMILES string of the molecule is CCC(C)=C(C)C(=N)N. The molecule has 3 N–H and O–H groups in total. The lowest BCUT2D eigenvalue weighted by Gasteiger charge is -2.01. The summed E-state index contributed by atoms with van der Waals surface area (Å²) in [6.45, 7) is 5.93. The van der Waals surface area contributed by atoms with Gasteiger partial charge in [-0.15, -0.1) is 0 Å². The van der Waals surface area contributed by atoms with Crippen LogP contribution in [0.25, 0.3) is 0 Å². The van der Waals surface area contributed by atoms with Crippen LogP contribution in [0.3, 0.4) is 0 Å². The Morgan fingerprint density at radius 1 is 1.44 bits per heavy atom. The van der Waals surface area contributed by atoms with Crippen molar-refractivity contribution < 1.29 is 0 Å². The molecule has 0 heterocycles. The van der Waals surface area contributed by atoms with Crippen molar-refractivity contribution in [2.24, 2.45) is 5.73 Å². The minimum atomic E-state index is 0.189. The van der Waals surface area contributed by atoms with Crippen LogP contribution in [-0.4, -0.2) is 5.84 Å². The summed E-state index contributed by atoms with van der Waals surface area (Å²) in [4.78, 5) is 0. The Balaban J connectivity index is 4.28. The van der Waals surface area contributed by atoms with Gasteiger partial charge in [-0.25, -0.2) is 0 Å². The van der Waals surface area contributed by atoms with Crippen molar-refractivity contribution in [3.8, 4) is 0 Å². The van der Waals surface area contributed by atoms with Crippen LogP contribution in [-0.2, 0) is 0 Å². The Kier molecular flexibility index (Phi) is 2.99. The molecule has 0 bridgehead atoms. The molecule has 0 aliphatic heterocycles. The number of allylic oxidation sites excluding steroid dienone is 1. The van der Waals surface area contributed by atoms with Crippen molar-refractivity contribution in [3.63, 3.8) is 0 Å². The molecule has 0 radical (unpaired) electrons. The summed E-state index contributed by atoms with van der Waals surface area (Å²) in [5.41, 5.74) is 7.35. The molecule has 0 spiro atoms. The second-order valence-corrected chi connectivity index (χ2v) is 2.17. The van der Waals surface area contributed by atoms with Crippen molar-refractivity contribution >= 4 is 5.84 Å². The number of hydrogen-bond donors (Lipinski definition) is 2. The average Bonchev–Trinajstić information content (AvgIpc) is 1.84. The molecular weight excluding hydrogens is 112 g/mol. The van der Waals surface area contributed by atoms with Crippen LogP contribution in [0.15, 0.2) is 11.1 Å². The van der Waals surface area contributed by atoms with Crippen LogP contribution in [0.2, 0.25) is 0 Å². The van der Waals surface area contributed by atoms with E-state index >= 15 is 0 Å². The maximum Gasteiger partial charge on any atom is 0.118 e. The van der Waals surface area contributed by atoms with Gasteiger partial charge in [-0.05, 0) is 25.8 Å². The van der Waals surface area contributed by atoms with Crippen molar-refractivity contribution in [1.82, 2.24) is 0 Å². The summed E-state index contributed by atoms with van der Waals surface area (Å²) < 4.78 is 0. The molecule has 0 aromatic carbocycles. The summed E-state index contributed by atoms with van der Waals surface area (Å²) in [5.74, 6) is 0.189. The van der Waals surface area contributed by atoms with E-state index in [0.717, 1.165) is 12.0 Å². The van der Waals surface area contributed by atoms with Crippen LogP contribution in [0.5, 0.6) is 0 Å². The zero-order valence-electron chi connectivity index (χ0n) is 6.28. The lowest BCUT2D eigenvalue weighted by Crippen LogP contribution is -2.11. The fourth-order valence-corrected chi connectivity index (χ4v) is 0.495. The van der Waals surface area contributed by atoms with E-state index in [2.05, 4.69) is 6.92 Å². The van der Waals surface area contributed by atoms with Gasteiger partial charge < -0.3 is 5.73 Å². The standard InChI is InChI=1S/C7H14N2/c1-4-5(2)6(3)7(8)9/h4H2,1-3H3,(H3,8,9). The number of hydrogen-bond acceptors (Lipinski definition) is 1. The first-order valence-corrected chi connectivity index (χ1v) is 3.10. The maximum absolute atomic E-state index is 7.05. The summed E-state index contributed by atoms with van der Waals surface area (Å²) in [6.07, 6.45) is 0.978. The van der Waals surface area contributed by atoms with Gasteiger partial charge in [-0.2, -0.15) is 0 Å². The van der Waals surface area contributed by atoms with Gasteiger partial charge in [0, 0.05) is 0 Å². The van der Waals surface area contributed by atoms with Gasteiger partial charge in [0.05, 0.1) is 0 Å². The molecule has 0 unspecified atom stereocenters. The molecule has 0 amide bonds. The fourth-order valence-electron chi connectivity index (χ4n) is 0.495. The zero-order chi connectivity index (χ0) is 7.44. The molecular formula is C7H14N2. The van der Waals surface area contributed by atoms with Gasteiger partial charge in [-0.1, -0.05) is 12.5 Å². The summed E-state index contributed by atoms with van der Waals surface area (Å²) in [7, 11) is 0. The zero-order valence-corrected chi connectivity index (χ0v) is 6.28. The average molecular weight is 126 g/mol. The van der Waals surface area contributed by atoms with Gasteiger partial charge in [0.2, 0.25) is 0 Å². The van der Waals surface area contributed by atoms with E-state index < -0.39 is 0 Å². The van der Waals surface area contributed by atoms with E-state index in [1.165, 1.54) is 5.57 Å². The van der Waals surface area contributed by atoms with Crippen molar-refractivity contribution in [2.75, 3.05) is 0 Å². The predicted molar refractivity (Wildman–Crippen MR) is 40.6 cm³/mol. The summed E-state index contributed by atoms with van der Waals surface area (Å²) >= 11 is 0. The van der Waals surface area contributed by atoms with E-state index in [-0.39, 0.29) is 5.84 Å². The molecule has 0 aromatic heterocycles. The second-order valence-electron chi connectivity index (χ2n) is 2.17. The molecule has 52 valence electrons. The molecule has 0 aromatic rings. The van der Waals surface area contributed by atoms with E-state index in [1.807, 2.05) is 13.8 Å². The Bertz CT molecular complexity index is 145. The lowest BCUT2D eigenvalue weighted by atomic mass is 10.1. The number of nitrogens with two attached hydrogens (primary N) is 1. The van der Waals surface area contributed by atoms with Gasteiger partial charge in [0.25, 0.3) is 0 Å². The molecule has 2 heteroatoms. The van der Waals surface area contributed by atoms with E-state index in [1.54, 1.807) is 0 Å². The monoisotopic (exact) mass is 126 g/mol. The van der Waals surface area contributed by atoms with Crippen LogP contribution in [0.4, 0.5) is 0 Å². The van der Waals surface area contributed by atoms with Crippen LogP contribution in [0, 0.1) is 5.41 Å². The number of rotatable bonds is 2. The quantitative estimate of drug-likeness (QED) is 0.429. The Morgan fingerprint density at radius 2 is 1.89 bits per heavy atom. The predicted octanol–water partition coefficient (Wildman–Crippen LogP) is 1.67. The minimum absolute atomic E-state index is 0.189. The minimum Gasteiger partial charge on any atom is -0.384 e. The largest absolute Gasteiger partial charge is 0.384 e. The van der Waals surface area contributed by atoms with Gasteiger partial charge >= 0.3 is 0 Å². The van der Waals surface area contributed by atoms with E-state index in [0.29, 0.717) is 0 Å². The molecule has 0 rings (SSSR count). The Labute approximate surface area is 56.3 Å². The summed E-state index contributed by atoms with van der Waals surface area (Å²) in [6, 6.07) is 0. The third-order valence-corrected chi connectivity index (χ3v) is 1.57. The Morgan fingerprint density at radius 3 is 2.00 bits per heavy atom. The highest BCUT2D eigenvalue weighted by Crippen LogP contribution is 2.05. The molecule has 0 saturated carbocycles. The number of amidine groups is 1. The van der Waals surface area contributed by atoms with Crippen LogP contribution < -0.4 is 5.73 Å². The smallest absolute Gasteiger partial charge is 0.118 e. The van der Waals surface area contributed by atoms with E-state index in [9.17, 15) is 0 Å². The van der Waals surface area contributed by atoms with Gasteiger partial charge in [0.1, 0.15) is 5.84 Å². The van der Waals surface area contributed by atoms with Crippen LogP contribution in [0.1, 0.15) is 27.2 Å². The van der Waals surface area contributed by atoms with Crippen molar-refractivity contribution in [1.29, 1.82) is 5.41 Å². The highest BCUT2D eigenvalue weighted by Gasteiger charge is 1.95. The molecule has 2 nitrogen and oxygen atoms in total. The topological polar surface area (TPSA) is 49.9 Å². The van der Waals surface area contributed by atoms with Gasteiger partial charge in [-0.3, -0.25) is 5.41 Å². The third-order valence-electron chi connectivity index (χ3n) is 1.57. The molecule has 0 saturated heterocycles. The molecule has 0 aliphatic carbocycles. The third kappa shape index (κ3) is 2.31. The highest BCUT2D eigenvalue weighted by atomic mass is 14.7. The normalized spacial score (nSPS) is 12.8. The van der Waals surface area contributed by atoms with E-state index in [4.69, 9.17) is 11.1 Å². The lowest BCUT2D eigenvalue weighted by molar-refractivity contribution is 1.07. The molecule has 0 fully saturated rings. The second kappa shape index (κ2) is 3.28. The van der Waals surface area contributed by atoms with Gasteiger partial charge in [0.15, 0.2) is 0 Å². The Hall–Kier alpha value is -0.790. The first-order chi connectivity index (χ1) is 4.09. The molecule has 9 heavy (non-hydrogen) atoms. The first-order valence-electron chi connectivity index (χ1n) is 3.10. The summed E-state index contributed by atoms with van der Waals surface area (Å²) in [5, 5.41) is 7.05. The highest BCUT2D eigenvalue weighted by molar-refractivity contribution is 5.94. The van der Waals surface area contributed by atoms with Crippen molar-refractivity contribution in [2.45, 2.75) is 27.2 Å². The number of nitrogens with one attached hydrogen (secondary N) is 1. The molecule has 0 atom stereocenters. The first kappa shape index (κ1) is 8.21.